The topological polar surface area (TPSA) is 35.8 Å². The molecule has 1 saturated carbocycles. The second-order valence-corrected chi connectivity index (χ2v) is 4.67. The molecule has 1 fully saturated rings. The van der Waals surface area contributed by atoms with Crippen LogP contribution in [0, 0.1) is 24.2 Å². The maximum Gasteiger partial charge on any atom is 0.0994 e. The molecule has 0 atom stereocenters. The normalized spacial score (nSPS) is 16.0. The van der Waals surface area contributed by atoms with Crippen molar-refractivity contribution in [1.29, 1.82) is 5.26 Å². The largest absolute Gasteiger partial charge is 0.385 e. The van der Waals surface area contributed by atoms with E-state index in [4.69, 9.17) is 5.26 Å². The van der Waals surface area contributed by atoms with Gasteiger partial charge >= 0.3 is 0 Å². The number of hydrogen-bond donors (Lipinski definition) is 1. The van der Waals surface area contributed by atoms with Gasteiger partial charge in [-0.2, -0.15) is 5.26 Å². The maximum atomic E-state index is 8.84. The summed E-state index contributed by atoms with van der Waals surface area (Å²) in [4.78, 5) is 0. The molecular weight excluding hydrogens is 196 g/mol. The van der Waals surface area contributed by atoms with Crippen LogP contribution in [0.5, 0.6) is 0 Å². The highest BCUT2D eigenvalue weighted by molar-refractivity contribution is 5.51. The fourth-order valence-corrected chi connectivity index (χ4v) is 2.38. The summed E-state index contributed by atoms with van der Waals surface area (Å²) < 4.78 is 0. The van der Waals surface area contributed by atoms with E-state index in [-0.39, 0.29) is 0 Å². The number of rotatable bonds is 3. The molecule has 1 aromatic rings. The Labute approximate surface area is 97.3 Å². The predicted octanol–water partition coefficient (Wildman–Crippen LogP) is 3.47. The summed E-state index contributed by atoms with van der Waals surface area (Å²) >= 11 is 0. The molecule has 0 aromatic heterocycles. The van der Waals surface area contributed by atoms with Crippen molar-refractivity contribution in [2.75, 3.05) is 11.9 Å². The molecule has 1 aliphatic carbocycles. The van der Waals surface area contributed by atoms with Gasteiger partial charge in [-0.05, 0) is 49.4 Å². The van der Waals surface area contributed by atoms with E-state index < -0.39 is 0 Å². The number of nitriles is 1. The zero-order valence-electron chi connectivity index (χ0n) is 9.79. The van der Waals surface area contributed by atoms with E-state index >= 15 is 0 Å². The van der Waals surface area contributed by atoms with Crippen LogP contribution < -0.4 is 5.32 Å². The van der Waals surface area contributed by atoms with Crippen LogP contribution in [0.3, 0.4) is 0 Å². The van der Waals surface area contributed by atoms with Crippen LogP contribution in [0.1, 0.15) is 36.8 Å². The molecular formula is C14H18N2. The van der Waals surface area contributed by atoms with Crippen molar-refractivity contribution < 1.29 is 0 Å². The second kappa shape index (κ2) is 5.03. The van der Waals surface area contributed by atoms with Gasteiger partial charge in [0.15, 0.2) is 0 Å². The first kappa shape index (κ1) is 11.0. The van der Waals surface area contributed by atoms with E-state index in [0.29, 0.717) is 0 Å². The lowest BCUT2D eigenvalue weighted by atomic mass is 10.1. The molecule has 1 aromatic carbocycles. The first-order valence-electron chi connectivity index (χ1n) is 6.04. The standard InChI is InChI=1S/C14H18N2/c1-11-8-14(7-6-13(11)9-15)16-10-12-4-2-3-5-12/h6-8,12,16H,2-5,10H2,1H3. The first-order valence-corrected chi connectivity index (χ1v) is 6.04. The summed E-state index contributed by atoms with van der Waals surface area (Å²) in [5, 5.41) is 12.3. The molecule has 2 heteroatoms. The molecule has 0 bridgehead atoms. The molecule has 0 spiro atoms. The van der Waals surface area contributed by atoms with Gasteiger partial charge < -0.3 is 5.32 Å². The van der Waals surface area contributed by atoms with Gasteiger partial charge in [0.1, 0.15) is 0 Å². The number of hydrogen-bond acceptors (Lipinski definition) is 2. The van der Waals surface area contributed by atoms with E-state index in [0.717, 1.165) is 29.3 Å². The Kier molecular flexibility index (Phi) is 3.46. The summed E-state index contributed by atoms with van der Waals surface area (Å²) in [5.41, 5.74) is 2.97. The van der Waals surface area contributed by atoms with E-state index in [1.54, 1.807) is 0 Å². The molecule has 0 heterocycles. The monoisotopic (exact) mass is 214 g/mol. The van der Waals surface area contributed by atoms with Crippen molar-refractivity contribution in [2.24, 2.45) is 5.92 Å². The average molecular weight is 214 g/mol. The van der Waals surface area contributed by atoms with Crippen molar-refractivity contribution >= 4 is 5.69 Å². The van der Waals surface area contributed by atoms with Crippen LogP contribution in [0.15, 0.2) is 18.2 Å². The van der Waals surface area contributed by atoms with Gasteiger partial charge in [-0.1, -0.05) is 12.8 Å². The van der Waals surface area contributed by atoms with Crippen LogP contribution in [-0.4, -0.2) is 6.54 Å². The Hall–Kier alpha value is -1.49. The van der Waals surface area contributed by atoms with Crippen LogP contribution in [0.4, 0.5) is 5.69 Å². The molecule has 0 unspecified atom stereocenters. The third-order valence-electron chi connectivity index (χ3n) is 3.42. The first-order chi connectivity index (χ1) is 7.79. The number of aryl methyl sites for hydroxylation is 1. The lowest BCUT2D eigenvalue weighted by Crippen LogP contribution is -2.10. The van der Waals surface area contributed by atoms with Crippen LogP contribution in [-0.2, 0) is 0 Å². The SMILES string of the molecule is Cc1cc(NCC2CCCC2)ccc1C#N. The zero-order chi connectivity index (χ0) is 11.4. The lowest BCUT2D eigenvalue weighted by molar-refractivity contribution is 0.580. The summed E-state index contributed by atoms with van der Waals surface area (Å²) in [5.74, 6) is 0.843. The molecule has 2 rings (SSSR count). The highest BCUT2D eigenvalue weighted by Crippen LogP contribution is 2.25. The Morgan fingerprint density at radius 2 is 2.12 bits per heavy atom. The number of benzene rings is 1. The van der Waals surface area contributed by atoms with Gasteiger partial charge in [0.25, 0.3) is 0 Å². The summed E-state index contributed by atoms with van der Waals surface area (Å²) in [7, 11) is 0. The fourth-order valence-electron chi connectivity index (χ4n) is 2.38. The number of nitrogens with zero attached hydrogens (tertiary/aromatic N) is 1. The van der Waals surface area contributed by atoms with Crippen molar-refractivity contribution in [3.63, 3.8) is 0 Å². The van der Waals surface area contributed by atoms with Crippen LogP contribution in [0.25, 0.3) is 0 Å². The molecule has 0 radical (unpaired) electrons. The Morgan fingerprint density at radius 1 is 1.38 bits per heavy atom. The zero-order valence-corrected chi connectivity index (χ0v) is 9.79. The smallest absolute Gasteiger partial charge is 0.0994 e. The van der Waals surface area contributed by atoms with E-state index in [1.165, 1.54) is 25.7 Å². The fraction of sp³-hybridized carbons (Fsp3) is 0.500. The molecule has 84 valence electrons. The summed E-state index contributed by atoms with van der Waals surface area (Å²) in [6.45, 7) is 3.06. The minimum Gasteiger partial charge on any atom is -0.385 e. The van der Waals surface area contributed by atoms with Gasteiger partial charge in [-0.3, -0.25) is 0 Å². The Balaban J connectivity index is 1.94. The summed E-state index contributed by atoms with van der Waals surface area (Å²) in [6, 6.07) is 8.15. The van der Waals surface area contributed by atoms with E-state index in [2.05, 4.69) is 17.5 Å². The Morgan fingerprint density at radius 3 is 2.75 bits per heavy atom. The third-order valence-corrected chi connectivity index (χ3v) is 3.42. The molecule has 1 N–H and O–H groups in total. The Bertz CT molecular complexity index is 398. The summed E-state index contributed by atoms with van der Waals surface area (Å²) in [6.07, 6.45) is 5.50. The lowest BCUT2D eigenvalue weighted by Gasteiger charge is -2.12. The molecule has 2 nitrogen and oxygen atoms in total. The van der Waals surface area contributed by atoms with Crippen LogP contribution >= 0.6 is 0 Å². The van der Waals surface area contributed by atoms with Crippen molar-refractivity contribution in [2.45, 2.75) is 32.6 Å². The van der Waals surface area contributed by atoms with Gasteiger partial charge in [0, 0.05) is 12.2 Å². The second-order valence-electron chi connectivity index (χ2n) is 4.67. The van der Waals surface area contributed by atoms with E-state index in [1.807, 2.05) is 19.1 Å². The quantitative estimate of drug-likeness (QED) is 0.836. The van der Waals surface area contributed by atoms with Crippen molar-refractivity contribution in [3.8, 4) is 6.07 Å². The average Bonchev–Trinajstić information content (AvgIpc) is 2.79. The number of anilines is 1. The molecule has 16 heavy (non-hydrogen) atoms. The highest BCUT2D eigenvalue weighted by Gasteiger charge is 2.14. The van der Waals surface area contributed by atoms with E-state index in [9.17, 15) is 0 Å². The van der Waals surface area contributed by atoms with Gasteiger partial charge in [-0.15, -0.1) is 0 Å². The molecule has 0 amide bonds. The molecule has 1 aliphatic rings. The molecule has 0 saturated heterocycles. The maximum absolute atomic E-state index is 8.84. The van der Waals surface area contributed by atoms with Gasteiger partial charge in [0.2, 0.25) is 0 Å². The highest BCUT2D eigenvalue weighted by atomic mass is 14.9. The van der Waals surface area contributed by atoms with Gasteiger partial charge in [0.05, 0.1) is 11.6 Å². The molecule has 0 aliphatic heterocycles. The van der Waals surface area contributed by atoms with Crippen molar-refractivity contribution in [3.05, 3.63) is 29.3 Å². The minimum absolute atomic E-state index is 0.770. The third kappa shape index (κ3) is 2.55. The van der Waals surface area contributed by atoms with Gasteiger partial charge in [-0.25, -0.2) is 0 Å². The minimum atomic E-state index is 0.770. The van der Waals surface area contributed by atoms with Crippen molar-refractivity contribution in [1.82, 2.24) is 0 Å². The number of nitrogens with one attached hydrogen (secondary N) is 1. The van der Waals surface area contributed by atoms with Crippen LogP contribution in [0.2, 0.25) is 0 Å². The predicted molar refractivity (Wildman–Crippen MR) is 66.3 cm³/mol.